The largest absolute Gasteiger partial charge is 0.491 e. The number of ether oxygens (including phenoxy) is 1. The summed E-state index contributed by atoms with van der Waals surface area (Å²) in [4.78, 5) is 36.8. The zero-order chi connectivity index (χ0) is 24.8. The number of aromatic nitrogens is 5. The van der Waals surface area contributed by atoms with E-state index < -0.39 is 35.5 Å². The number of nitrogens with zero attached hydrogens (tertiary/aromatic N) is 5. The molecule has 0 radical (unpaired) electrons. The van der Waals surface area contributed by atoms with Crippen molar-refractivity contribution in [2.45, 2.75) is 18.6 Å². The Hall–Kier alpha value is -4.61. The molecule has 9 nitrogen and oxygen atoms in total. The van der Waals surface area contributed by atoms with Crippen molar-refractivity contribution in [3.8, 4) is 11.8 Å². The molecule has 35 heavy (non-hydrogen) atoms. The first-order valence-corrected chi connectivity index (χ1v) is 10.2. The van der Waals surface area contributed by atoms with Gasteiger partial charge in [-0.15, -0.1) is 0 Å². The summed E-state index contributed by atoms with van der Waals surface area (Å²) in [6.45, 7) is 0. The SMILES string of the molecule is O=C(NC(Cc1ccccn1)c1ccccc1)c1cnc(-n2cccn2)nc1OC(=O)C(F)(F)F. The molecule has 4 aromatic rings. The van der Waals surface area contributed by atoms with E-state index in [1.54, 1.807) is 54.7 Å². The number of hydrogen-bond donors (Lipinski definition) is 1. The summed E-state index contributed by atoms with van der Waals surface area (Å²) in [6, 6.07) is 15.2. The fourth-order valence-electron chi connectivity index (χ4n) is 3.14. The van der Waals surface area contributed by atoms with Crippen molar-refractivity contribution in [1.82, 2.24) is 30.0 Å². The number of amides is 1. The molecule has 1 N–H and O–H groups in total. The lowest BCUT2D eigenvalue weighted by atomic mass is 10.0. The first-order chi connectivity index (χ1) is 16.8. The first-order valence-electron chi connectivity index (χ1n) is 10.2. The fraction of sp³-hybridized carbons (Fsp3) is 0.130. The zero-order valence-electron chi connectivity index (χ0n) is 17.9. The molecule has 1 aromatic carbocycles. The van der Waals surface area contributed by atoms with E-state index in [4.69, 9.17) is 0 Å². The van der Waals surface area contributed by atoms with Gasteiger partial charge in [0.05, 0.1) is 6.04 Å². The number of pyridine rings is 1. The second-order valence-electron chi connectivity index (χ2n) is 7.19. The van der Waals surface area contributed by atoms with Gasteiger partial charge >= 0.3 is 12.1 Å². The van der Waals surface area contributed by atoms with Gasteiger partial charge in [-0.05, 0) is 23.8 Å². The number of hydrogen-bond acceptors (Lipinski definition) is 7. The molecule has 3 heterocycles. The van der Waals surface area contributed by atoms with Crippen LogP contribution in [-0.4, -0.2) is 42.8 Å². The van der Waals surface area contributed by atoms with Gasteiger partial charge in [-0.2, -0.15) is 23.3 Å². The van der Waals surface area contributed by atoms with Gasteiger partial charge in [0, 0.05) is 36.9 Å². The Morgan fingerprint density at radius 1 is 1.00 bits per heavy atom. The van der Waals surface area contributed by atoms with Crippen LogP contribution in [0.5, 0.6) is 5.88 Å². The topological polar surface area (TPSA) is 112 Å². The lowest BCUT2D eigenvalue weighted by Crippen LogP contribution is -2.33. The Bertz CT molecular complexity index is 1300. The molecule has 178 valence electrons. The Kier molecular flexibility index (Phi) is 6.81. The smallest absolute Gasteiger partial charge is 0.400 e. The average molecular weight is 482 g/mol. The van der Waals surface area contributed by atoms with Gasteiger partial charge in [0.25, 0.3) is 11.9 Å². The van der Waals surface area contributed by atoms with E-state index >= 15 is 0 Å². The summed E-state index contributed by atoms with van der Waals surface area (Å²) in [6.07, 6.45) is 0.406. The van der Waals surface area contributed by atoms with Crippen LogP contribution in [0, 0.1) is 0 Å². The molecule has 0 aliphatic carbocycles. The van der Waals surface area contributed by atoms with Crippen LogP contribution in [-0.2, 0) is 11.2 Å². The molecule has 3 aromatic heterocycles. The Morgan fingerprint density at radius 2 is 1.77 bits per heavy atom. The lowest BCUT2D eigenvalue weighted by Gasteiger charge is -2.20. The molecule has 0 bridgehead atoms. The maximum Gasteiger partial charge on any atom is 0.491 e. The molecule has 0 aliphatic heterocycles. The van der Waals surface area contributed by atoms with Crippen molar-refractivity contribution in [2.75, 3.05) is 0 Å². The van der Waals surface area contributed by atoms with E-state index in [0.29, 0.717) is 12.1 Å². The van der Waals surface area contributed by atoms with Crippen LogP contribution in [0.25, 0.3) is 5.95 Å². The third kappa shape index (κ3) is 5.85. The minimum absolute atomic E-state index is 0.190. The van der Waals surface area contributed by atoms with Crippen LogP contribution in [0.4, 0.5) is 13.2 Å². The van der Waals surface area contributed by atoms with Crippen LogP contribution in [0.3, 0.4) is 0 Å². The van der Waals surface area contributed by atoms with E-state index in [1.807, 2.05) is 0 Å². The number of alkyl halides is 3. The molecule has 0 spiro atoms. The number of carbonyl (C=O) groups is 2. The van der Waals surface area contributed by atoms with Gasteiger partial charge in [-0.25, -0.2) is 14.5 Å². The molecule has 1 unspecified atom stereocenters. The van der Waals surface area contributed by atoms with Crippen molar-refractivity contribution < 1.29 is 27.5 Å². The van der Waals surface area contributed by atoms with Crippen molar-refractivity contribution in [1.29, 1.82) is 0 Å². The molecule has 12 heteroatoms. The number of rotatable bonds is 7. The maximum absolute atomic E-state index is 13.2. The normalized spacial score (nSPS) is 12.1. The molecular weight excluding hydrogens is 465 g/mol. The Balaban J connectivity index is 1.67. The number of nitrogens with one attached hydrogen (secondary N) is 1. The summed E-state index contributed by atoms with van der Waals surface area (Å²) in [5, 5.41) is 6.64. The van der Waals surface area contributed by atoms with Crippen LogP contribution in [0.2, 0.25) is 0 Å². The number of esters is 1. The highest BCUT2D eigenvalue weighted by Gasteiger charge is 2.42. The van der Waals surface area contributed by atoms with Gasteiger partial charge in [0.15, 0.2) is 0 Å². The number of benzene rings is 1. The standard InChI is InChI=1S/C23H17F3N6O3/c24-23(25,26)21(34)35-20-17(14-28-22(31-20)32-12-6-11-29-32)19(33)30-18(15-7-2-1-3-8-15)13-16-9-4-5-10-27-16/h1-12,14,18H,13H2,(H,30,33). The molecule has 4 rings (SSSR count). The Morgan fingerprint density at radius 3 is 2.43 bits per heavy atom. The predicted octanol–water partition coefficient (Wildman–Crippen LogP) is 3.24. The van der Waals surface area contributed by atoms with Crippen molar-refractivity contribution in [2.24, 2.45) is 0 Å². The fourth-order valence-corrected chi connectivity index (χ4v) is 3.14. The van der Waals surface area contributed by atoms with E-state index in [1.165, 1.54) is 18.5 Å². The molecule has 1 atom stereocenters. The average Bonchev–Trinajstić information content (AvgIpc) is 3.39. The zero-order valence-corrected chi connectivity index (χ0v) is 17.9. The molecule has 0 saturated heterocycles. The minimum Gasteiger partial charge on any atom is -0.400 e. The second kappa shape index (κ2) is 10.1. The van der Waals surface area contributed by atoms with Gasteiger partial charge < -0.3 is 10.1 Å². The van der Waals surface area contributed by atoms with Crippen molar-refractivity contribution in [3.05, 3.63) is 96.2 Å². The summed E-state index contributed by atoms with van der Waals surface area (Å²) in [5.41, 5.74) is 0.950. The second-order valence-corrected chi connectivity index (χ2v) is 7.19. The summed E-state index contributed by atoms with van der Waals surface area (Å²) < 4.78 is 44.2. The molecule has 0 fully saturated rings. The van der Waals surface area contributed by atoms with Gasteiger partial charge in [-0.1, -0.05) is 36.4 Å². The molecule has 0 aliphatic rings. The van der Waals surface area contributed by atoms with Crippen LogP contribution in [0.15, 0.2) is 79.4 Å². The summed E-state index contributed by atoms with van der Waals surface area (Å²) in [5.74, 6) is -4.41. The van der Waals surface area contributed by atoms with E-state index in [9.17, 15) is 22.8 Å². The molecular formula is C23H17F3N6O3. The Labute approximate surface area is 196 Å². The highest BCUT2D eigenvalue weighted by molar-refractivity contribution is 5.97. The molecule has 1 amide bonds. The van der Waals surface area contributed by atoms with Gasteiger partial charge in [0.1, 0.15) is 5.56 Å². The summed E-state index contributed by atoms with van der Waals surface area (Å²) >= 11 is 0. The number of halogens is 3. The maximum atomic E-state index is 13.2. The predicted molar refractivity (Wildman–Crippen MR) is 115 cm³/mol. The van der Waals surface area contributed by atoms with Crippen LogP contribution >= 0.6 is 0 Å². The highest BCUT2D eigenvalue weighted by Crippen LogP contribution is 2.24. The quantitative estimate of drug-likeness (QED) is 0.403. The van der Waals surface area contributed by atoms with E-state index in [2.05, 4.69) is 30.1 Å². The first kappa shape index (κ1) is 23.5. The van der Waals surface area contributed by atoms with Crippen LogP contribution in [0.1, 0.15) is 27.7 Å². The third-order valence-electron chi connectivity index (χ3n) is 4.76. The van der Waals surface area contributed by atoms with Gasteiger partial charge in [-0.3, -0.25) is 9.78 Å². The summed E-state index contributed by atoms with van der Waals surface area (Å²) in [7, 11) is 0. The van der Waals surface area contributed by atoms with Crippen molar-refractivity contribution >= 4 is 11.9 Å². The monoisotopic (exact) mass is 482 g/mol. The van der Waals surface area contributed by atoms with Gasteiger partial charge in [0.2, 0.25) is 5.88 Å². The highest BCUT2D eigenvalue weighted by atomic mass is 19.4. The van der Waals surface area contributed by atoms with E-state index in [-0.39, 0.29) is 5.95 Å². The van der Waals surface area contributed by atoms with Crippen LogP contribution < -0.4 is 10.1 Å². The third-order valence-corrected chi connectivity index (χ3v) is 4.76. The minimum atomic E-state index is -5.30. The lowest BCUT2D eigenvalue weighted by molar-refractivity contribution is -0.190. The number of carbonyl (C=O) groups excluding carboxylic acids is 2. The molecule has 0 saturated carbocycles. The van der Waals surface area contributed by atoms with E-state index in [0.717, 1.165) is 16.4 Å². The van der Waals surface area contributed by atoms with Crippen molar-refractivity contribution in [3.63, 3.8) is 0 Å².